The maximum atomic E-state index is 13.0. The van der Waals surface area contributed by atoms with Crippen molar-refractivity contribution in [3.8, 4) is 0 Å². The zero-order chi connectivity index (χ0) is 10.9. The van der Waals surface area contributed by atoms with Gasteiger partial charge in [0.1, 0.15) is 0 Å². The molecule has 1 fully saturated rings. The topological polar surface area (TPSA) is 20.3 Å². The summed E-state index contributed by atoms with van der Waals surface area (Å²) in [6.45, 7) is 3.04. The number of rotatable bonds is 2. The van der Waals surface area contributed by atoms with Crippen LogP contribution < -0.4 is 0 Å². The molecule has 2 nitrogen and oxygen atoms in total. The van der Waals surface area contributed by atoms with E-state index in [4.69, 9.17) is 0 Å². The second-order valence-electron chi connectivity index (χ2n) is 3.87. The lowest BCUT2D eigenvalue weighted by molar-refractivity contribution is -0.135. The van der Waals surface area contributed by atoms with Crippen molar-refractivity contribution in [1.29, 1.82) is 0 Å². The highest BCUT2D eigenvalue weighted by molar-refractivity contribution is 7.99. The van der Waals surface area contributed by atoms with Crippen LogP contribution in [0.1, 0.15) is 20.3 Å². The summed E-state index contributed by atoms with van der Waals surface area (Å²) in [6.07, 6.45) is 1.54. The minimum Gasteiger partial charge on any atom is -0.324 e. The van der Waals surface area contributed by atoms with Gasteiger partial charge in [-0.05, 0) is 6.26 Å². The molecule has 0 aliphatic carbocycles. The Kier molecular flexibility index (Phi) is 3.40. The molecule has 0 aromatic rings. The Hall–Kier alpha value is -0.320. The van der Waals surface area contributed by atoms with Crippen molar-refractivity contribution in [3.63, 3.8) is 0 Å². The molecule has 1 atom stereocenters. The van der Waals surface area contributed by atoms with Crippen molar-refractivity contribution in [2.45, 2.75) is 31.6 Å². The highest BCUT2D eigenvalue weighted by Gasteiger charge is 2.46. The lowest BCUT2D eigenvalue weighted by Gasteiger charge is -2.24. The van der Waals surface area contributed by atoms with Gasteiger partial charge < -0.3 is 4.90 Å². The van der Waals surface area contributed by atoms with Crippen LogP contribution >= 0.6 is 11.8 Å². The first kappa shape index (κ1) is 11.8. The molecule has 1 rings (SSSR count). The van der Waals surface area contributed by atoms with Crippen LogP contribution in [0.25, 0.3) is 0 Å². The molecule has 1 heterocycles. The number of hydrogen-bond acceptors (Lipinski definition) is 2. The van der Waals surface area contributed by atoms with Gasteiger partial charge in [0.15, 0.2) is 0 Å². The Bertz CT molecular complexity index is 233. The molecule has 0 aromatic heterocycles. The maximum absolute atomic E-state index is 13.0. The van der Waals surface area contributed by atoms with Gasteiger partial charge in [-0.15, -0.1) is 11.8 Å². The van der Waals surface area contributed by atoms with Gasteiger partial charge in [0.25, 0.3) is 5.92 Å². The fraction of sp³-hybridized carbons (Fsp3) is 0.889. The van der Waals surface area contributed by atoms with E-state index >= 15 is 0 Å². The summed E-state index contributed by atoms with van der Waals surface area (Å²) in [6, 6.07) is 0. The van der Waals surface area contributed by atoms with Crippen LogP contribution in [-0.4, -0.2) is 34.9 Å². The number of hydrogen-bond donors (Lipinski definition) is 0. The quantitative estimate of drug-likeness (QED) is 0.715. The van der Waals surface area contributed by atoms with Crippen LogP contribution in [0.5, 0.6) is 0 Å². The number of alkyl halides is 2. The summed E-state index contributed by atoms with van der Waals surface area (Å²) in [5.41, 5.74) is 0. The van der Waals surface area contributed by atoms with Crippen LogP contribution in [-0.2, 0) is 4.79 Å². The van der Waals surface area contributed by atoms with Gasteiger partial charge in [-0.25, -0.2) is 8.78 Å². The minimum absolute atomic E-state index is 0.179. The monoisotopic (exact) mass is 223 g/mol. The third kappa shape index (κ3) is 2.38. The fourth-order valence-corrected chi connectivity index (χ4v) is 2.39. The Labute approximate surface area is 87.0 Å². The molecular weight excluding hydrogens is 208 g/mol. The SMILES string of the molecule is CS[C@@H]1CC(F)(F)CN1C(=O)C(C)C. The van der Waals surface area contributed by atoms with E-state index in [1.807, 2.05) is 0 Å². The minimum atomic E-state index is -2.71. The molecule has 0 unspecified atom stereocenters. The lowest BCUT2D eigenvalue weighted by Crippen LogP contribution is -2.37. The van der Waals surface area contributed by atoms with Crippen molar-refractivity contribution in [1.82, 2.24) is 4.90 Å². The molecular formula is C9H15F2NOS. The molecule has 5 heteroatoms. The van der Waals surface area contributed by atoms with Crippen LogP contribution in [0.15, 0.2) is 0 Å². The number of carbonyl (C=O) groups is 1. The molecule has 0 N–H and O–H groups in total. The average molecular weight is 223 g/mol. The van der Waals surface area contributed by atoms with Gasteiger partial charge in [0.2, 0.25) is 5.91 Å². The predicted molar refractivity (Wildman–Crippen MR) is 53.4 cm³/mol. The lowest BCUT2D eigenvalue weighted by atomic mass is 10.2. The van der Waals surface area contributed by atoms with Crippen molar-refractivity contribution in [2.75, 3.05) is 12.8 Å². The Morgan fingerprint density at radius 2 is 2.14 bits per heavy atom. The number of likely N-dealkylation sites (tertiary alicyclic amines) is 1. The maximum Gasteiger partial charge on any atom is 0.268 e. The second kappa shape index (κ2) is 4.04. The summed E-state index contributed by atoms with van der Waals surface area (Å²) in [4.78, 5) is 12.9. The summed E-state index contributed by atoms with van der Waals surface area (Å²) < 4.78 is 26.1. The Morgan fingerprint density at radius 1 is 1.57 bits per heavy atom. The van der Waals surface area contributed by atoms with Gasteiger partial charge in [-0.2, -0.15) is 0 Å². The van der Waals surface area contributed by atoms with E-state index in [0.29, 0.717) is 0 Å². The smallest absolute Gasteiger partial charge is 0.268 e. The molecule has 1 saturated heterocycles. The van der Waals surface area contributed by atoms with Crippen LogP contribution in [0.3, 0.4) is 0 Å². The fourth-order valence-electron chi connectivity index (χ4n) is 1.54. The van der Waals surface area contributed by atoms with Gasteiger partial charge in [0.05, 0.1) is 11.9 Å². The highest BCUT2D eigenvalue weighted by atomic mass is 32.2. The molecule has 1 aliphatic heterocycles. The molecule has 0 aromatic carbocycles. The second-order valence-corrected chi connectivity index (χ2v) is 4.89. The van der Waals surface area contributed by atoms with E-state index in [9.17, 15) is 13.6 Å². The Balaban J connectivity index is 2.73. The number of thioether (sulfide) groups is 1. The predicted octanol–water partition coefficient (Wildman–Crippen LogP) is 2.20. The van der Waals surface area contributed by atoms with Gasteiger partial charge in [-0.1, -0.05) is 13.8 Å². The number of amides is 1. The first-order chi connectivity index (χ1) is 6.37. The van der Waals surface area contributed by atoms with Crippen molar-refractivity contribution in [2.24, 2.45) is 5.92 Å². The first-order valence-electron chi connectivity index (χ1n) is 4.58. The van der Waals surface area contributed by atoms with E-state index in [1.165, 1.54) is 16.7 Å². The summed E-state index contributed by atoms with van der Waals surface area (Å²) in [5, 5.41) is -0.361. The van der Waals surface area contributed by atoms with Crippen LogP contribution in [0.4, 0.5) is 8.78 Å². The van der Waals surface area contributed by atoms with E-state index in [1.54, 1.807) is 20.1 Å². The first-order valence-corrected chi connectivity index (χ1v) is 5.87. The molecule has 0 radical (unpaired) electrons. The largest absolute Gasteiger partial charge is 0.324 e. The molecule has 0 bridgehead atoms. The summed E-state index contributed by atoms with van der Waals surface area (Å²) in [7, 11) is 0. The van der Waals surface area contributed by atoms with E-state index < -0.39 is 12.5 Å². The number of halogens is 2. The van der Waals surface area contributed by atoms with Crippen LogP contribution in [0.2, 0.25) is 0 Å². The Morgan fingerprint density at radius 3 is 2.57 bits per heavy atom. The average Bonchev–Trinajstić information content (AvgIpc) is 2.39. The third-order valence-corrected chi connectivity index (χ3v) is 3.24. The van der Waals surface area contributed by atoms with Crippen LogP contribution in [0, 0.1) is 5.92 Å². The summed E-state index contributed by atoms with van der Waals surface area (Å²) in [5.74, 6) is -3.10. The van der Waals surface area contributed by atoms with Gasteiger partial charge >= 0.3 is 0 Å². The molecule has 1 aliphatic rings. The van der Waals surface area contributed by atoms with Crippen molar-refractivity contribution >= 4 is 17.7 Å². The van der Waals surface area contributed by atoms with Crippen molar-refractivity contribution < 1.29 is 13.6 Å². The number of carbonyl (C=O) groups excluding carboxylic acids is 1. The van der Waals surface area contributed by atoms with E-state index in [0.717, 1.165) is 0 Å². The third-order valence-electron chi connectivity index (χ3n) is 2.27. The van der Waals surface area contributed by atoms with E-state index in [-0.39, 0.29) is 23.6 Å². The standard InChI is InChI=1S/C9H15F2NOS/c1-6(2)8(13)12-5-9(10,11)4-7(12)14-3/h6-7H,4-5H2,1-3H3/t7-/m1/s1. The van der Waals surface area contributed by atoms with Gasteiger partial charge in [0, 0.05) is 12.3 Å². The zero-order valence-corrected chi connectivity index (χ0v) is 9.41. The normalized spacial score (nSPS) is 25.9. The highest BCUT2D eigenvalue weighted by Crippen LogP contribution is 2.37. The molecule has 0 spiro atoms. The van der Waals surface area contributed by atoms with Gasteiger partial charge in [-0.3, -0.25) is 4.79 Å². The molecule has 0 saturated carbocycles. The zero-order valence-electron chi connectivity index (χ0n) is 8.59. The molecule has 1 amide bonds. The summed E-state index contributed by atoms with van der Waals surface area (Å²) >= 11 is 1.31. The molecule has 82 valence electrons. The number of nitrogens with zero attached hydrogens (tertiary/aromatic N) is 1. The molecule has 14 heavy (non-hydrogen) atoms. The van der Waals surface area contributed by atoms with E-state index in [2.05, 4.69) is 0 Å². The van der Waals surface area contributed by atoms with Crippen molar-refractivity contribution in [3.05, 3.63) is 0 Å².